The Morgan fingerprint density at radius 1 is 1.11 bits per heavy atom. The quantitative estimate of drug-likeness (QED) is 0.832. The zero-order valence-corrected chi connectivity index (χ0v) is 12.0. The molecular weight excluding hydrogens is 242 g/mol. The average Bonchev–Trinajstić information content (AvgIpc) is 3.19. The van der Waals surface area contributed by atoms with Crippen LogP contribution in [0, 0.1) is 17.8 Å². The van der Waals surface area contributed by atoms with E-state index in [4.69, 9.17) is 0 Å². The third-order valence-corrected chi connectivity index (χ3v) is 4.23. The van der Waals surface area contributed by atoms with Crippen LogP contribution in [-0.2, 0) is 9.59 Å². The van der Waals surface area contributed by atoms with Gasteiger partial charge >= 0.3 is 5.97 Å². The van der Waals surface area contributed by atoms with Gasteiger partial charge in [-0.1, -0.05) is 26.7 Å². The van der Waals surface area contributed by atoms with Crippen LogP contribution in [0.3, 0.4) is 0 Å². The minimum Gasteiger partial charge on any atom is -0.481 e. The van der Waals surface area contributed by atoms with Crippen molar-refractivity contribution in [1.82, 2.24) is 4.90 Å². The fourth-order valence-electron chi connectivity index (χ4n) is 3.13. The molecule has 0 aliphatic heterocycles. The summed E-state index contributed by atoms with van der Waals surface area (Å²) in [6.45, 7) is 4.99. The van der Waals surface area contributed by atoms with Gasteiger partial charge in [0.1, 0.15) is 0 Å². The number of carbonyl (C=O) groups is 2. The molecule has 4 heteroatoms. The van der Waals surface area contributed by atoms with E-state index < -0.39 is 11.9 Å². The molecular formula is C15H25NO3. The summed E-state index contributed by atoms with van der Waals surface area (Å²) in [7, 11) is 0. The molecule has 0 bridgehead atoms. The largest absolute Gasteiger partial charge is 0.481 e. The van der Waals surface area contributed by atoms with Crippen molar-refractivity contribution in [2.75, 3.05) is 6.54 Å². The lowest BCUT2D eigenvalue weighted by Crippen LogP contribution is -2.45. The van der Waals surface area contributed by atoms with Gasteiger partial charge in [-0.3, -0.25) is 9.59 Å². The van der Waals surface area contributed by atoms with Gasteiger partial charge in [0, 0.05) is 12.6 Å². The van der Waals surface area contributed by atoms with E-state index in [-0.39, 0.29) is 11.8 Å². The fraction of sp³-hybridized carbons (Fsp3) is 0.867. The van der Waals surface area contributed by atoms with Crippen molar-refractivity contribution in [3.63, 3.8) is 0 Å². The number of amides is 1. The molecule has 0 aromatic heterocycles. The second-order valence-electron chi connectivity index (χ2n) is 6.45. The Morgan fingerprint density at radius 3 is 2.16 bits per heavy atom. The van der Waals surface area contributed by atoms with Gasteiger partial charge < -0.3 is 10.0 Å². The molecule has 2 saturated carbocycles. The topological polar surface area (TPSA) is 57.6 Å². The predicted molar refractivity (Wildman–Crippen MR) is 72.7 cm³/mol. The highest BCUT2D eigenvalue weighted by Gasteiger charge is 2.41. The molecule has 2 rings (SSSR count). The number of carboxylic acids is 1. The van der Waals surface area contributed by atoms with Crippen molar-refractivity contribution in [3.05, 3.63) is 0 Å². The first-order valence-corrected chi connectivity index (χ1v) is 7.54. The van der Waals surface area contributed by atoms with Crippen molar-refractivity contribution in [2.24, 2.45) is 17.8 Å². The highest BCUT2D eigenvalue weighted by molar-refractivity contribution is 5.85. The first-order chi connectivity index (χ1) is 9.00. The molecule has 2 atom stereocenters. The first kappa shape index (κ1) is 14.4. The molecule has 0 aromatic rings. The first-order valence-electron chi connectivity index (χ1n) is 7.54. The van der Waals surface area contributed by atoms with E-state index in [0.29, 0.717) is 18.4 Å². The summed E-state index contributed by atoms with van der Waals surface area (Å²) in [6, 6.07) is 0.381. The Morgan fingerprint density at radius 2 is 1.68 bits per heavy atom. The SMILES string of the molecule is CC(C)CN(C(=O)[C@@H]1CCCC[C@@H]1C(=O)O)C1CC1. The maximum Gasteiger partial charge on any atom is 0.307 e. The molecule has 19 heavy (non-hydrogen) atoms. The van der Waals surface area contributed by atoms with Crippen LogP contribution in [0.2, 0.25) is 0 Å². The highest BCUT2D eigenvalue weighted by Crippen LogP contribution is 2.35. The van der Waals surface area contributed by atoms with E-state index >= 15 is 0 Å². The summed E-state index contributed by atoms with van der Waals surface area (Å²) >= 11 is 0. The number of rotatable bonds is 5. The van der Waals surface area contributed by atoms with Crippen molar-refractivity contribution in [3.8, 4) is 0 Å². The zero-order valence-electron chi connectivity index (χ0n) is 12.0. The maximum atomic E-state index is 12.7. The van der Waals surface area contributed by atoms with E-state index in [1.807, 2.05) is 4.90 Å². The van der Waals surface area contributed by atoms with Crippen molar-refractivity contribution in [1.29, 1.82) is 0 Å². The lowest BCUT2D eigenvalue weighted by molar-refractivity contribution is -0.152. The second-order valence-corrected chi connectivity index (χ2v) is 6.45. The lowest BCUT2D eigenvalue weighted by atomic mass is 9.78. The summed E-state index contributed by atoms with van der Waals surface area (Å²) in [5.74, 6) is -1.00. The third-order valence-electron chi connectivity index (χ3n) is 4.23. The Balaban J connectivity index is 2.08. The minimum atomic E-state index is -0.793. The second kappa shape index (κ2) is 5.93. The molecule has 1 N–H and O–H groups in total. The summed E-state index contributed by atoms with van der Waals surface area (Å²) in [4.78, 5) is 26.0. The molecule has 0 heterocycles. The minimum absolute atomic E-state index is 0.100. The van der Waals surface area contributed by atoms with Crippen LogP contribution in [0.1, 0.15) is 52.4 Å². The summed E-state index contributed by atoms with van der Waals surface area (Å²) in [6.07, 6.45) is 5.50. The van der Waals surface area contributed by atoms with Gasteiger partial charge in [-0.2, -0.15) is 0 Å². The van der Waals surface area contributed by atoms with Crippen LogP contribution in [0.4, 0.5) is 0 Å². The number of carboxylic acid groups (broad SMARTS) is 1. The van der Waals surface area contributed by atoms with Gasteiger partial charge in [-0.15, -0.1) is 0 Å². The van der Waals surface area contributed by atoms with Crippen LogP contribution >= 0.6 is 0 Å². The van der Waals surface area contributed by atoms with Gasteiger partial charge in [-0.25, -0.2) is 0 Å². The normalized spacial score (nSPS) is 27.3. The number of aliphatic carboxylic acids is 1. The Hall–Kier alpha value is -1.06. The summed E-state index contributed by atoms with van der Waals surface area (Å²) < 4.78 is 0. The molecule has 2 aliphatic rings. The van der Waals surface area contributed by atoms with Crippen LogP contribution in [0.25, 0.3) is 0 Å². The molecule has 108 valence electrons. The smallest absolute Gasteiger partial charge is 0.307 e. The van der Waals surface area contributed by atoms with Crippen molar-refractivity contribution >= 4 is 11.9 Å². The van der Waals surface area contributed by atoms with Gasteiger partial charge in [-0.05, 0) is 31.6 Å². The molecule has 4 nitrogen and oxygen atoms in total. The summed E-state index contributed by atoms with van der Waals surface area (Å²) in [5, 5.41) is 9.30. The number of carbonyl (C=O) groups excluding carboxylic acids is 1. The highest BCUT2D eigenvalue weighted by atomic mass is 16.4. The number of hydrogen-bond donors (Lipinski definition) is 1. The summed E-state index contributed by atoms with van der Waals surface area (Å²) in [5.41, 5.74) is 0. The molecule has 0 unspecified atom stereocenters. The Kier molecular flexibility index (Phi) is 4.48. The maximum absolute atomic E-state index is 12.7. The van der Waals surface area contributed by atoms with Crippen LogP contribution < -0.4 is 0 Å². The Labute approximate surface area is 115 Å². The lowest BCUT2D eigenvalue weighted by Gasteiger charge is -2.33. The monoisotopic (exact) mass is 267 g/mol. The predicted octanol–water partition coefficient (Wildman–Crippen LogP) is 2.52. The van der Waals surface area contributed by atoms with E-state index in [1.54, 1.807) is 0 Å². The van der Waals surface area contributed by atoms with Crippen LogP contribution in [0.5, 0.6) is 0 Å². The molecule has 2 fully saturated rings. The van der Waals surface area contributed by atoms with E-state index in [1.165, 1.54) is 0 Å². The van der Waals surface area contributed by atoms with Gasteiger partial charge in [0.05, 0.1) is 11.8 Å². The van der Waals surface area contributed by atoms with Gasteiger partial charge in [0.2, 0.25) is 5.91 Å². The van der Waals surface area contributed by atoms with Gasteiger partial charge in [0.15, 0.2) is 0 Å². The Bertz CT molecular complexity index is 349. The van der Waals surface area contributed by atoms with Crippen molar-refractivity contribution in [2.45, 2.75) is 58.4 Å². The fourth-order valence-corrected chi connectivity index (χ4v) is 3.13. The van der Waals surface area contributed by atoms with E-state index in [0.717, 1.165) is 38.6 Å². The number of nitrogens with zero attached hydrogens (tertiary/aromatic N) is 1. The molecule has 0 spiro atoms. The van der Waals surface area contributed by atoms with E-state index in [9.17, 15) is 14.7 Å². The molecule has 0 radical (unpaired) electrons. The van der Waals surface area contributed by atoms with Crippen LogP contribution in [0.15, 0.2) is 0 Å². The molecule has 0 aromatic carbocycles. The third kappa shape index (κ3) is 3.48. The molecule has 0 saturated heterocycles. The average molecular weight is 267 g/mol. The van der Waals surface area contributed by atoms with E-state index in [2.05, 4.69) is 13.8 Å². The zero-order chi connectivity index (χ0) is 14.0. The standard InChI is InChI=1S/C15H25NO3/c1-10(2)9-16(11-7-8-11)14(17)12-5-3-4-6-13(12)15(18)19/h10-13H,3-9H2,1-2H3,(H,18,19)/t12-,13+/m1/s1. The molecule has 2 aliphatic carbocycles. The van der Waals surface area contributed by atoms with Crippen LogP contribution in [-0.4, -0.2) is 34.5 Å². The van der Waals surface area contributed by atoms with Gasteiger partial charge in [0.25, 0.3) is 0 Å². The molecule has 1 amide bonds. The van der Waals surface area contributed by atoms with Crippen molar-refractivity contribution < 1.29 is 14.7 Å². The number of hydrogen-bond acceptors (Lipinski definition) is 2.